The number of furan rings is 1. The number of aryl methyl sites for hydroxylation is 1. The van der Waals surface area contributed by atoms with E-state index in [-0.39, 0.29) is 12.6 Å². The van der Waals surface area contributed by atoms with Gasteiger partial charge in [0.2, 0.25) is 0 Å². The molecule has 1 heterocycles. The first-order valence-corrected chi connectivity index (χ1v) is 6.20. The molecule has 0 aliphatic rings. The monoisotopic (exact) mass is 265 g/mol. The van der Waals surface area contributed by atoms with E-state index in [4.69, 9.17) is 21.1 Å². The highest BCUT2D eigenvalue weighted by Gasteiger charge is 2.11. The second kappa shape index (κ2) is 5.46. The SMILES string of the molecule is Cc1ccc(C(C)Nc2cc(CO)ccc2Cl)o1. The number of rotatable bonds is 4. The number of anilines is 1. The molecule has 0 amide bonds. The molecule has 1 aromatic heterocycles. The Labute approximate surface area is 111 Å². The lowest BCUT2D eigenvalue weighted by Gasteiger charge is -2.15. The Hall–Kier alpha value is -1.45. The summed E-state index contributed by atoms with van der Waals surface area (Å²) in [5.41, 5.74) is 1.62. The van der Waals surface area contributed by atoms with Gasteiger partial charge in [0.05, 0.1) is 23.4 Å². The topological polar surface area (TPSA) is 45.4 Å². The van der Waals surface area contributed by atoms with E-state index in [2.05, 4.69) is 5.32 Å². The Morgan fingerprint density at radius 1 is 1.33 bits per heavy atom. The summed E-state index contributed by atoms with van der Waals surface area (Å²) in [5, 5.41) is 13.0. The quantitative estimate of drug-likeness (QED) is 0.881. The van der Waals surface area contributed by atoms with Crippen LogP contribution in [0.4, 0.5) is 5.69 Å². The largest absolute Gasteiger partial charge is 0.464 e. The Balaban J connectivity index is 2.18. The van der Waals surface area contributed by atoms with Crippen LogP contribution in [-0.2, 0) is 6.61 Å². The molecule has 1 atom stereocenters. The van der Waals surface area contributed by atoms with Crippen LogP contribution < -0.4 is 5.32 Å². The summed E-state index contributed by atoms with van der Waals surface area (Å²) < 4.78 is 5.56. The standard InChI is InChI=1S/C14H16ClNO2/c1-9-3-6-14(18-9)10(2)16-13-7-11(8-17)4-5-12(13)15/h3-7,10,16-17H,8H2,1-2H3. The van der Waals surface area contributed by atoms with Gasteiger partial charge >= 0.3 is 0 Å². The molecule has 0 bridgehead atoms. The average molecular weight is 266 g/mol. The van der Waals surface area contributed by atoms with Crippen molar-refractivity contribution in [2.75, 3.05) is 5.32 Å². The van der Waals surface area contributed by atoms with Crippen LogP contribution in [0.25, 0.3) is 0 Å². The van der Waals surface area contributed by atoms with Crippen molar-refractivity contribution in [3.63, 3.8) is 0 Å². The van der Waals surface area contributed by atoms with Crippen LogP contribution in [0.1, 0.15) is 30.0 Å². The Kier molecular flexibility index (Phi) is 3.94. The minimum Gasteiger partial charge on any atom is -0.464 e. The summed E-state index contributed by atoms with van der Waals surface area (Å²) in [6.07, 6.45) is 0. The molecular weight excluding hydrogens is 250 g/mol. The molecule has 2 N–H and O–H groups in total. The van der Waals surface area contributed by atoms with Crippen molar-refractivity contribution in [2.45, 2.75) is 26.5 Å². The summed E-state index contributed by atoms with van der Waals surface area (Å²) in [7, 11) is 0. The van der Waals surface area contributed by atoms with E-state index in [1.807, 2.05) is 32.0 Å². The zero-order valence-corrected chi connectivity index (χ0v) is 11.2. The number of aliphatic hydroxyl groups is 1. The first-order chi connectivity index (χ1) is 8.60. The molecule has 18 heavy (non-hydrogen) atoms. The van der Waals surface area contributed by atoms with E-state index in [0.29, 0.717) is 5.02 Å². The highest BCUT2D eigenvalue weighted by Crippen LogP contribution is 2.28. The summed E-state index contributed by atoms with van der Waals surface area (Å²) >= 11 is 6.12. The molecule has 96 valence electrons. The summed E-state index contributed by atoms with van der Waals surface area (Å²) in [6.45, 7) is 3.91. The fourth-order valence-electron chi connectivity index (χ4n) is 1.77. The van der Waals surface area contributed by atoms with Gasteiger partial charge in [-0.25, -0.2) is 0 Å². The number of halogens is 1. The van der Waals surface area contributed by atoms with Gasteiger partial charge < -0.3 is 14.8 Å². The van der Waals surface area contributed by atoms with Crippen LogP contribution in [0, 0.1) is 6.92 Å². The number of nitrogens with one attached hydrogen (secondary N) is 1. The van der Waals surface area contributed by atoms with Crippen LogP contribution in [-0.4, -0.2) is 5.11 Å². The molecule has 2 aromatic rings. The van der Waals surface area contributed by atoms with Gasteiger partial charge in [0.1, 0.15) is 11.5 Å². The maximum atomic E-state index is 9.12. The molecule has 4 heteroatoms. The zero-order valence-electron chi connectivity index (χ0n) is 10.4. The van der Waals surface area contributed by atoms with Gasteiger partial charge in [-0.05, 0) is 43.7 Å². The van der Waals surface area contributed by atoms with Crippen molar-refractivity contribution in [3.05, 3.63) is 52.4 Å². The van der Waals surface area contributed by atoms with Crippen LogP contribution in [0.2, 0.25) is 5.02 Å². The molecule has 0 aliphatic heterocycles. The van der Waals surface area contributed by atoms with E-state index in [1.165, 1.54) is 0 Å². The third-order valence-electron chi connectivity index (χ3n) is 2.77. The number of aliphatic hydroxyl groups excluding tert-OH is 1. The number of hydrogen-bond donors (Lipinski definition) is 2. The lowest BCUT2D eigenvalue weighted by Crippen LogP contribution is -2.06. The van der Waals surface area contributed by atoms with Crippen molar-refractivity contribution < 1.29 is 9.52 Å². The number of benzene rings is 1. The van der Waals surface area contributed by atoms with Crippen molar-refractivity contribution >= 4 is 17.3 Å². The van der Waals surface area contributed by atoms with Gasteiger partial charge in [-0.2, -0.15) is 0 Å². The Bertz CT molecular complexity index is 536. The maximum Gasteiger partial charge on any atom is 0.126 e. The van der Waals surface area contributed by atoms with Gasteiger partial charge in [-0.15, -0.1) is 0 Å². The lowest BCUT2D eigenvalue weighted by molar-refractivity contribution is 0.282. The molecular formula is C14H16ClNO2. The van der Waals surface area contributed by atoms with Crippen molar-refractivity contribution in [2.24, 2.45) is 0 Å². The third kappa shape index (κ3) is 2.86. The van der Waals surface area contributed by atoms with Gasteiger partial charge in [-0.1, -0.05) is 17.7 Å². The van der Waals surface area contributed by atoms with Crippen LogP contribution >= 0.6 is 11.6 Å². The van der Waals surface area contributed by atoms with E-state index >= 15 is 0 Å². The molecule has 2 rings (SSSR count). The molecule has 0 aliphatic carbocycles. The maximum absolute atomic E-state index is 9.12. The number of hydrogen-bond acceptors (Lipinski definition) is 3. The summed E-state index contributed by atoms with van der Waals surface area (Å²) in [4.78, 5) is 0. The molecule has 1 unspecified atom stereocenters. The second-order valence-electron chi connectivity index (χ2n) is 4.29. The molecule has 1 aromatic carbocycles. The zero-order chi connectivity index (χ0) is 13.1. The summed E-state index contributed by atoms with van der Waals surface area (Å²) in [6, 6.07) is 9.31. The minimum absolute atomic E-state index is 0.0000893. The predicted molar refractivity (Wildman–Crippen MR) is 72.9 cm³/mol. The van der Waals surface area contributed by atoms with E-state index in [1.54, 1.807) is 12.1 Å². The fourth-order valence-corrected chi connectivity index (χ4v) is 1.94. The average Bonchev–Trinajstić information content (AvgIpc) is 2.79. The molecule has 3 nitrogen and oxygen atoms in total. The van der Waals surface area contributed by atoms with E-state index < -0.39 is 0 Å². The Morgan fingerprint density at radius 2 is 2.11 bits per heavy atom. The normalized spacial score (nSPS) is 12.4. The molecule has 0 fully saturated rings. The van der Waals surface area contributed by atoms with E-state index in [0.717, 1.165) is 22.8 Å². The predicted octanol–water partition coefficient (Wildman–Crippen LogP) is 3.91. The first kappa shape index (κ1) is 13.0. The van der Waals surface area contributed by atoms with Gasteiger partial charge in [0, 0.05) is 0 Å². The van der Waals surface area contributed by atoms with Crippen molar-refractivity contribution in [3.8, 4) is 0 Å². The fraction of sp³-hybridized carbons (Fsp3) is 0.286. The van der Waals surface area contributed by atoms with Gasteiger partial charge in [0.25, 0.3) is 0 Å². The molecule has 0 saturated carbocycles. The highest BCUT2D eigenvalue weighted by atomic mass is 35.5. The Morgan fingerprint density at radius 3 is 2.72 bits per heavy atom. The van der Waals surface area contributed by atoms with Crippen molar-refractivity contribution in [1.82, 2.24) is 0 Å². The smallest absolute Gasteiger partial charge is 0.126 e. The minimum atomic E-state index is 0.0000893. The van der Waals surface area contributed by atoms with Crippen LogP contribution in [0.15, 0.2) is 34.7 Å². The van der Waals surface area contributed by atoms with Gasteiger partial charge in [0.15, 0.2) is 0 Å². The van der Waals surface area contributed by atoms with Crippen LogP contribution in [0.5, 0.6) is 0 Å². The third-order valence-corrected chi connectivity index (χ3v) is 3.10. The molecule has 0 saturated heterocycles. The lowest BCUT2D eigenvalue weighted by atomic mass is 10.2. The van der Waals surface area contributed by atoms with Crippen LogP contribution in [0.3, 0.4) is 0 Å². The van der Waals surface area contributed by atoms with E-state index in [9.17, 15) is 0 Å². The first-order valence-electron chi connectivity index (χ1n) is 5.82. The highest BCUT2D eigenvalue weighted by molar-refractivity contribution is 6.33. The second-order valence-corrected chi connectivity index (χ2v) is 4.69. The molecule has 0 radical (unpaired) electrons. The molecule has 0 spiro atoms. The van der Waals surface area contributed by atoms with Gasteiger partial charge in [-0.3, -0.25) is 0 Å². The van der Waals surface area contributed by atoms with Crippen molar-refractivity contribution in [1.29, 1.82) is 0 Å². The summed E-state index contributed by atoms with van der Waals surface area (Å²) in [5.74, 6) is 1.74.